The third kappa shape index (κ3) is 7.17. The Hall–Kier alpha value is -2.73. The number of nitrogens with one attached hydrogen (secondary N) is 1. The fraction of sp³-hybridized carbons (Fsp3) is 0.417. The molecule has 1 atom stereocenters. The van der Waals surface area contributed by atoms with E-state index in [0.29, 0.717) is 42.7 Å². The molecule has 0 spiro atoms. The quantitative estimate of drug-likeness (QED) is 0.560. The van der Waals surface area contributed by atoms with Crippen LogP contribution in [-0.2, 0) is 22.6 Å². The molecule has 2 amide bonds. The van der Waals surface area contributed by atoms with E-state index in [2.05, 4.69) is 5.32 Å². The summed E-state index contributed by atoms with van der Waals surface area (Å²) in [5, 5.41) is 3.25. The number of hydrogen-bond donors (Lipinski definition) is 1. The fourth-order valence-corrected chi connectivity index (χ4v) is 3.35. The summed E-state index contributed by atoms with van der Waals surface area (Å²) in [6.45, 7) is 6.98. The van der Waals surface area contributed by atoms with Gasteiger partial charge in [-0.3, -0.25) is 9.59 Å². The van der Waals surface area contributed by atoms with Crippen LogP contribution in [0.3, 0.4) is 0 Å². The van der Waals surface area contributed by atoms with E-state index in [-0.39, 0.29) is 18.2 Å². The Morgan fingerprint density at radius 3 is 2.23 bits per heavy atom. The largest absolute Gasteiger partial charge is 0.490 e. The van der Waals surface area contributed by atoms with Gasteiger partial charge in [0.15, 0.2) is 11.5 Å². The highest BCUT2D eigenvalue weighted by Crippen LogP contribution is 2.29. The van der Waals surface area contributed by atoms with Gasteiger partial charge < -0.3 is 19.7 Å². The number of halogens is 1. The number of rotatable bonds is 11. The average Bonchev–Trinajstić information content (AvgIpc) is 2.77. The maximum absolute atomic E-state index is 13.1. The number of benzene rings is 2. The van der Waals surface area contributed by atoms with Crippen molar-refractivity contribution in [3.05, 3.63) is 58.6 Å². The molecule has 0 aromatic heterocycles. The molecule has 0 fully saturated rings. The summed E-state index contributed by atoms with van der Waals surface area (Å²) in [6.07, 6.45) is 0.803. The molecule has 7 heteroatoms. The van der Waals surface area contributed by atoms with Gasteiger partial charge in [0.1, 0.15) is 6.04 Å². The molecule has 0 bridgehead atoms. The molecule has 1 N–H and O–H groups in total. The van der Waals surface area contributed by atoms with Crippen molar-refractivity contribution in [1.82, 2.24) is 10.2 Å². The number of aryl methyl sites for hydroxylation is 1. The molecule has 2 aromatic rings. The first-order chi connectivity index (χ1) is 14.9. The molecular formula is C24H31ClN2O4. The smallest absolute Gasteiger partial charge is 0.242 e. The third-order valence-electron chi connectivity index (χ3n) is 4.92. The molecule has 168 valence electrons. The van der Waals surface area contributed by atoms with Crippen LogP contribution in [0.5, 0.6) is 11.5 Å². The van der Waals surface area contributed by atoms with Crippen LogP contribution in [0.25, 0.3) is 0 Å². The molecule has 0 saturated carbocycles. The minimum absolute atomic E-state index is 0.0992. The lowest BCUT2D eigenvalue weighted by atomic mass is 10.1. The van der Waals surface area contributed by atoms with Crippen molar-refractivity contribution < 1.29 is 19.1 Å². The molecule has 0 aliphatic heterocycles. The molecule has 1 unspecified atom stereocenters. The van der Waals surface area contributed by atoms with Crippen LogP contribution < -0.4 is 14.8 Å². The first-order valence-corrected chi connectivity index (χ1v) is 10.9. The lowest BCUT2D eigenvalue weighted by Gasteiger charge is -2.28. The number of likely N-dealkylation sites (N-methyl/N-ethyl adjacent to an activating group) is 1. The number of carbonyl (C=O) groups is 2. The van der Waals surface area contributed by atoms with Crippen LogP contribution in [0.4, 0.5) is 0 Å². The van der Waals surface area contributed by atoms with Crippen molar-refractivity contribution in [2.75, 3.05) is 20.3 Å². The van der Waals surface area contributed by atoms with E-state index >= 15 is 0 Å². The Labute approximate surface area is 189 Å². The van der Waals surface area contributed by atoms with Gasteiger partial charge >= 0.3 is 0 Å². The second-order valence-electron chi connectivity index (χ2n) is 7.09. The highest BCUT2D eigenvalue weighted by molar-refractivity contribution is 6.30. The summed E-state index contributed by atoms with van der Waals surface area (Å²) in [5.74, 6) is 1.06. The Morgan fingerprint density at radius 1 is 1.00 bits per heavy atom. The Kier molecular flexibility index (Phi) is 9.66. The average molecular weight is 447 g/mol. The second-order valence-corrected chi connectivity index (χ2v) is 7.52. The van der Waals surface area contributed by atoms with Crippen LogP contribution in [0.2, 0.25) is 5.02 Å². The van der Waals surface area contributed by atoms with E-state index < -0.39 is 6.04 Å². The third-order valence-corrected chi connectivity index (χ3v) is 5.17. The maximum Gasteiger partial charge on any atom is 0.242 e. The van der Waals surface area contributed by atoms with Gasteiger partial charge in [0, 0.05) is 25.0 Å². The van der Waals surface area contributed by atoms with Gasteiger partial charge in [-0.1, -0.05) is 29.8 Å². The molecule has 6 nitrogen and oxygen atoms in total. The molecule has 0 aliphatic rings. The van der Waals surface area contributed by atoms with E-state index in [1.807, 2.05) is 44.2 Å². The van der Waals surface area contributed by atoms with Crippen molar-refractivity contribution in [3.63, 3.8) is 0 Å². The van der Waals surface area contributed by atoms with Crippen molar-refractivity contribution in [3.8, 4) is 11.5 Å². The van der Waals surface area contributed by atoms with Crippen molar-refractivity contribution in [1.29, 1.82) is 0 Å². The Bertz CT molecular complexity index is 870. The van der Waals surface area contributed by atoms with E-state index in [0.717, 1.165) is 11.1 Å². The van der Waals surface area contributed by atoms with Crippen LogP contribution in [0, 0.1) is 0 Å². The summed E-state index contributed by atoms with van der Waals surface area (Å²) in [6, 6.07) is 12.4. The number of carbonyl (C=O) groups excluding carboxylic acids is 2. The minimum Gasteiger partial charge on any atom is -0.490 e. The molecule has 0 radical (unpaired) electrons. The van der Waals surface area contributed by atoms with Gasteiger partial charge in [-0.2, -0.15) is 0 Å². The molecule has 2 aromatic carbocycles. The van der Waals surface area contributed by atoms with Crippen LogP contribution >= 0.6 is 11.6 Å². The van der Waals surface area contributed by atoms with Gasteiger partial charge in [-0.25, -0.2) is 0 Å². The van der Waals surface area contributed by atoms with Crippen LogP contribution in [0.1, 0.15) is 38.3 Å². The highest BCUT2D eigenvalue weighted by Gasteiger charge is 2.25. The molecular weight excluding hydrogens is 416 g/mol. The number of ether oxygens (including phenoxy) is 2. The van der Waals surface area contributed by atoms with Crippen molar-refractivity contribution in [2.45, 2.75) is 46.2 Å². The number of nitrogens with zero attached hydrogens (tertiary/aromatic N) is 1. The zero-order valence-corrected chi connectivity index (χ0v) is 19.4. The molecule has 0 heterocycles. The zero-order valence-electron chi connectivity index (χ0n) is 18.6. The first kappa shape index (κ1) is 24.5. The first-order valence-electron chi connectivity index (χ1n) is 10.5. The Balaban J connectivity index is 2.14. The predicted molar refractivity (Wildman–Crippen MR) is 123 cm³/mol. The molecule has 0 saturated heterocycles. The Morgan fingerprint density at radius 2 is 1.61 bits per heavy atom. The van der Waals surface area contributed by atoms with Gasteiger partial charge in [0.05, 0.1) is 13.2 Å². The predicted octanol–water partition coefficient (Wildman–Crippen LogP) is 4.23. The number of amides is 2. The molecule has 0 aliphatic carbocycles. The summed E-state index contributed by atoms with van der Waals surface area (Å²) in [5.41, 5.74) is 1.88. The van der Waals surface area contributed by atoms with Gasteiger partial charge in [-0.05, 0) is 62.6 Å². The second kappa shape index (κ2) is 12.2. The number of hydrogen-bond acceptors (Lipinski definition) is 4. The maximum atomic E-state index is 13.1. The van der Waals surface area contributed by atoms with Crippen molar-refractivity contribution >= 4 is 23.4 Å². The van der Waals surface area contributed by atoms with Gasteiger partial charge in [0.25, 0.3) is 0 Å². The van der Waals surface area contributed by atoms with Crippen LogP contribution in [0.15, 0.2) is 42.5 Å². The lowest BCUT2D eigenvalue weighted by Crippen LogP contribution is -2.46. The SMILES string of the molecule is CCOc1ccc(CCC(=O)N(Cc2ccc(Cl)cc2)C(C)C(=O)NC)cc1OCC. The minimum atomic E-state index is -0.590. The summed E-state index contributed by atoms with van der Waals surface area (Å²) in [4.78, 5) is 26.9. The summed E-state index contributed by atoms with van der Waals surface area (Å²) >= 11 is 5.97. The molecule has 2 rings (SSSR count). The van der Waals surface area contributed by atoms with E-state index in [9.17, 15) is 9.59 Å². The zero-order chi connectivity index (χ0) is 22.8. The van der Waals surface area contributed by atoms with Gasteiger partial charge in [0.2, 0.25) is 11.8 Å². The summed E-state index contributed by atoms with van der Waals surface area (Å²) < 4.78 is 11.3. The topological polar surface area (TPSA) is 67.9 Å². The molecule has 31 heavy (non-hydrogen) atoms. The normalized spacial score (nSPS) is 11.5. The summed E-state index contributed by atoms with van der Waals surface area (Å²) in [7, 11) is 1.57. The van der Waals surface area contributed by atoms with Crippen LogP contribution in [-0.4, -0.2) is 43.0 Å². The van der Waals surface area contributed by atoms with E-state index in [4.69, 9.17) is 21.1 Å². The van der Waals surface area contributed by atoms with Gasteiger partial charge in [-0.15, -0.1) is 0 Å². The standard InChI is InChI=1S/C24H31ClN2O4/c1-5-30-21-13-9-18(15-22(21)31-6-2)10-14-23(28)27(17(3)24(29)26-4)16-19-7-11-20(25)12-8-19/h7-9,11-13,15,17H,5-6,10,14,16H2,1-4H3,(H,26,29). The highest BCUT2D eigenvalue weighted by atomic mass is 35.5. The monoisotopic (exact) mass is 446 g/mol. The fourth-order valence-electron chi connectivity index (χ4n) is 3.22. The van der Waals surface area contributed by atoms with E-state index in [1.54, 1.807) is 31.0 Å². The van der Waals surface area contributed by atoms with Crippen molar-refractivity contribution in [2.24, 2.45) is 0 Å². The lowest BCUT2D eigenvalue weighted by molar-refractivity contribution is -0.140. The van der Waals surface area contributed by atoms with E-state index in [1.165, 1.54) is 0 Å².